The van der Waals surface area contributed by atoms with Crippen LogP contribution in [0, 0.1) is 11.3 Å². The molecule has 2 heterocycles. The summed E-state index contributed by atoms with van der Waals surface area (Å²) >= 11 is 0. The van der Waals surface area contributed by atoms with Gasteiger partial charge in [-0.25, -0.2) is 4.98 Å². The highest BCUT2D eigenvalue weighted by atomic mass is 16.3. The van der Waals surface area contributed by atoms with Gasteiger partial charge in [0.05, 0.1) is 18.4 Å². The quantitative estimate of drug-likeness (QED) is 0.784. The molecule has 0 spiro atoms. The molecule has 0 aliphatic carbocycles. The van der Waals surface area contributed by atoms with Crippen LogP contribution in [-0.2, 0) is 6.54 Å². The average molecular weight is 213 g/mol. The number of hydrogen-bond donors (Lipinski definition) is 0. The summed E-state index contributed by atoms with van der Waals surface area (Å²) in [5.41, 5.74) is 0.565. The number of aromatic nitrogens is 1. The third-order valence-corrected chi connectivity index (χ3v) is 2.24. The minimum atomic E-state index is 0.565. The molecule has 0 fully saturated rings. The van der Waals surface area contributed by atoms with Crippen LogP contribution in [0.5, 0.6) is 0 Å². The first kappa shape index (κ1) is 10.2. The van der Waals surface area contributed by atoms with Gasteiger partial charge in [0, 0.05) is 13.2 Å². The molecule has 2 rings (SSSR count). The van der Waals surface area contributed by atoms with Crippen molar-refractivity contribution in [2.45, 2.75) is 6.54 Å². The van der Waals surface area contributed by atoms with Crippen LogP contribution in [0.2, 0.25) is 0 Å². The second kappa shape index (κ2) is 4.49. The van der Waals surface area contributed by atoms with E-state index in [1.807, 2.05) is 36.2 Å². The lowest BCUT2D eigenvalue weighted by Gasteiger charge is -2.16. The molecule has 0 N–H and O–H groups in total. The Bertz CT molecular complexity index is 482. The molecule has 0 aliphatic rings. The number of furan rings is 1. The van der Waals surface area contributed by atoms with Crippen molar-refractivity contribution >= 4 is 5.82 Å². The highest BCUT2D eigenvalue weighted by molar-refractivity contribution is 5.41. The maximum atomic E-state index is 8.66. The van der Waals surface area contributed by atoms with Gasteiger partial charge in [-0.3, -0.25) is 0 Å². The van der Waals surface area contributed by atoms with E-state index < -0.39 is 0 Å². The number of hydrogen-bond acceptors (Lipinski definition) is 4. The van der Waals surface area contributed by atoms with E-state index in [1.54, 1.807) is 18.5 Å². The van der Waals surface area contributed by atoms with Crippen LogP contribution in [0.25, 0.3) is 0 Å². The summed E-state index contributed by atoms with van der Waals surface area (Å²) in [6, 6.07) is 9.38. The van der Waals surface area contributed by atoms with Crippen molar-refractivity contribution in [2.75, 3.05) is 11.9 Å². The van der Waals surface area contributed by atoms with Gasteiger partial charge in [0.15, 0.2) is 0 Å². The maximum absolute atomic E-state index is 8.66. The molecule has 0 saturated carbocycles. The second-order valence-corrected chi connectivity index (χ2v) is 3.45. The Kier molecular flexibility index (Phi) is 2.88. The zero-order valence-electron chi connectivity index (χ0n) is 8.92. The summed E-state index contributed by atoms with van der Waals surface area (Å²) in [4.78, 5) is 6.15. The number of pyridine rings is 1. The lowest BCUT2D eigenvalue weighted by Crippen LogP contribution is -2.17. The average Bonchev–Trinajstić information content (AvgIpc) is 2.82. The van der Waals surface area contributed by atoms with E-state index in [0.29, 0.717) is 12.1 Å². The fourth-order valence-corrected chi connectivity index (χ4v) is 1.40. The standard InChI is InChI=1S/C12H11N3O/c1-15(9-11-3-2-6-16-11)12-5-4-10(7-13)8-14-12/h2-6,8H,9H2,1H3. The Morgan fingerprint density at radius 2 is 2.31 bits per heavy atom. The monoisotopic (exact) mass is 213 g/mol. The van der Waals surface area contributed by atoms with Gasteiger partial charge in [0.2, 0.25) is 0 Å². The summed E-state index contributed by atoms with van der Waals surface area (Å²) < 4.78 is 5.25. The number of anilines is 1. The molecular formula is C12H11N3O. The topological polar surface area (TPSA) is 53.1 Å². The Morgan fingerprint density at radius 1 is 1.44 bits per heavy atom. The first-order chi connectivity index (χ1) is 7.79. The highest BCUT2D eigenvalue weighted by Crippen LogP contribution is 2.12. The molecule has 2 aromatic heterocycles. The molecule has 2 aromatic rings. The second-order valence-electron chi connectivity index (χ2n) is 3.45. The van der Waals surface area contributed by atoms with Gasteiger partial charge in [0.25, 0.3) is 0 Å². The van der Waals surface area contributed by atoms with E-state index in [4.69, 9.17) is 9.68 Å². The van der Waals surface area contributed by atoms with Crippen LogP contribution in [-0.4, -0.2) is 12.0 Å². The summed E-state index contributed by atoms with van der Waals surface area (Å²) in [5, 5.41) is 8.66. The molecule has 0 unspecified atom stereocenters. The van der Waals surface area contributed by atoms with Crippen LogP contribution in [0.15, 0.2) is 41.1 Å². The van der Waals surface area contributed by atoms with Gasteiger partial charge in [-0.1, -0.05) is 0 Å². The van der Waals surface area contributed by atoms with Crippen molar-refractivity contribution in [1.82, 2.24) is 4.98 Å². The molecule has 0 bridgehead atoms. The largest absolute Gasteiger partial charge is 0.467 e. The van der Waals surface area contributed by atoms with Crippen molar-refractivity contribution in [3.05, 3.63) is 48.0 Å². The maximum Gasteiger partial charge on any atom is 0.128 e. The number of nitrogens with zero attached hydrogens (tertiary/aromatic N) is 3. The van der Waals surface area contributed by atoms with E-state index in [2.05, 4.69) is 4.98 Å². The minimum absolute atomic E-state index is 0.565. The molecule has 0 amide bonds. The SMILES string of the molecule is CN(Cc1ccco1)c1ccc(C#N)cn1. The lowest BCUT2D eigenvalue weighted by molar-refractivity contribution is 0.507. The van der Waals surface area contributed by atoms with E-state index >= 15 is 0 Å². The minimum Gasteiger partial charge on any atom is -0.467 e. The molecule has 4 heteroatoms. The molecule has 80 valence electrons. The van der Waals surface area contributed by atoms with Gasteiger partial charge in [-0.15, -0.1) is 0 Å². The van der Waals surface area contributed by atoms with Crippen LogP contribution >= 0.6 is 0 Å². The first-order valence-corrected chi connectivity index (χ1v) is 4.89. The van der Waals surface area contributed by atoms with Crippen LogP contribution in [0.3, 0.4) is 0 Å². The van der Waals surface area contributed by atoms with Crippen molar-refractivity contribution in [3.63, 3.8) is 0 Å². The zero-order valence-corrected chi connectivity index (χ0v) is 8.92. The van der Waals surface area contributed by atoms with E-state index in [0.717, 1.165) is 11.6 Å². The third kappa shape index (κ3) is 2.20. The van der Waals surface area contributed by atoms with E-state index in [-0.39, 0.29) is 0 Å². The van der Waals surface area contributed by atoms with Crippen LogP contribution < -0.4 is 4.90 Å². The van der Waals surface area contributed by atoms with Crippen LogP contribution in [0.4, 0.5) is 5.82 Å². The van der Waals surface area contributed by atoms with E-state index in [1.165, 1.54) is 0 Å². The Hall–Kier alpha value is -2.28. The zero-order chi connectivity index (χ0) is 11.4. The molecule has 0 saturated heterocycles. The smallest absolute Gasteiger partial charge is 0.128 e. The Morgan fingerprint density at radius 3 is 2.88 bits per heavy atom. The Balaban J connectivity index is 2.09. The fraction of sp³-hybridized carbons (Fsp3) is 0.167. The molecule has 16 heavy (non-hydrogen) atoms. The summed E-state index contributed by atoms with van der Waals surface area (Å²) in [6.07, 6.45) is 3.21. The predicted octanol–water partition coefficient (Wildman–Crippen LogP) is 2.18. The first-order valence-electron chi connectivity index (χ1n) is 4.89. The Labute approximate surface area is 93.7 Å². The molecular weight excluding hydrogens is 202 g/mol. The third-order valence-electron chi connectivity index (χ3n) is 2.24. The molecule has 0 aliphatic heterocycles. The summed E-state index contributed by atoms with van der Waals surface area (Å²) in [6.45, 7) is 0.659. The summed E-state index contributed by atoms with van der Waals surface area (Å²) in [5.74, 6) is 1.70. The summed E-state index contributed by atoms with van der Waals surface area (Å²) in [7, 11) is 1.93. The predicted molar refractivity (Wildman–Crippen MR) is 59.8 cm³/mol. The lowest BCUT2D eigenvalue weighted by atomic mass is 10.3. The van der Waals surface area contributed by atoms with Crippen molar-refractivity contribution < 1.29 is 4.42 Å². The van der Waals surface area contributed by atoms with Gasteiger partial charge in [-0.2, -0.15) is 5.26 Å². The van der Waals surface area contributed by atoms with Gasteiger partial charge in [-0.05, 0) is 24.3 Å². The van der Waals surface area contributed by atoms with E-state index in [9.17, 15) is 0 Å². The number of nitriles is 1. The van der Waals surface area contributed by atoms with Crippen molar-refractivity contribution in [1.29, 1.82) is 5.26 Å². The van der Waals surface area contributed by atoms with Gasteiger partial charge >= 0.3 is 0 Å². The highest BCUT2D eigenvalue weighted by Gasteiger charge is 2.04. The molecule has 0 atom stereocenters. The molecule has 4 nitrogen and oxygen atoms in total. The number of rotatable bonds is 3. The molecule has 0 aromatic carbocycles. The van der Waals surface area contributed by atoms with Gasteiger partial charge in [0.1, 0.15) is 17.6 Å². The molecule has 0 radical (unpaired) electrons. The van der Waals surface area contributed by atoms with Gasteiger partial charge < -0.3 is 9.32 Å². The normalized spacial score (nSPS) is 9.75. The van der Waals surface area contributed by atoms with Crippen LogP contribution in [0.1, 0.15) is 11.3 Å². The fourth-order valence-electron chi connectivity index (χ4n) is 1.40. The van der Waals surface area contributed by atoms with Crippen molar-refractivity contribution in [2.24, 2.45) is 0 Å². The van der Waals surface area contributed by atoms with Crippen molar-refractivity contribution in [3.8, 4) is 6.07 Å².